The number of hydrogen-bond acceptors (Lipinski definition) is 6. The molecule has 2 aromatic carbocycles. The maximum absolute atomic E-state index is 13.3. The van der Waals surface area contributed by atoms with Crippen LogP contribution >= 0.6 is 0 Å². The summed E-state index contributed by atoms with van der Waals surface area (Å²) in [6.45, 7) is 3.26. The van der Waals surface area contributed by atoms with Gasteiger partial charge in [-0.15, -0.1) is 0 Å². The molecule has 0 radical (unpaired) electrons. The van der Waals surface area contributed by atoms with Gasteiger partial charge < -0.3 is 5.32 Å². The van der Waals surface area contributed by atoms with E-state index in [1.807, 2.05) is 37.3 Å². The minimum absolute atomic E-state index is 0.0338. The number of carbonyl (C=O) groups is 1. The second kappa shape index (κ2) is 11.1. The van der Waals surface area contributed by atoms with Gasteiger partial charge in [0.25, 0.3) is 5.56 Å². The Bertz CT molecular complexity index is 1560. The molecule has 1 aliphatic rings. The molecule has 1 N–H and O–H groups in total. The molecule has 192 valence electrons. The Labute approximate surface area is 216 Å². The molecule has 0 bridgehead atoms. The molecule has 1 aliphatic heterocycles. The molecular weight excluding hydrogens is 495 g/mol. The van der Waals surface area contributed by atoms with Crippen LogP contribution in [0.1, 0.15) is 28.8 Å². The Kier molecular flexibility index (Phi) is 7.71. The highest BCUT2D eigenvalue weighted by Crippen LogP contribution is 2.39. The summed E-state index contributed by atoms with van der Waals surface area (Å²) in [6, 6.07) is 15.2. The molecule has 1 amide bonds. The number of rotatable bonds is 2. The number of nitrogens with one attached hydrogen (secondary N) is 1. The van der Waals surface area contributed by atoms with Crippen LogP contribution in [0, 0.1) is 13.8 Å². The Morgan fingerprint density at radius 2 is 1.61 bits per heavy atom. The van der Waals surface area contributed by atoms with Crippen molar-refractivity contribution in [1.29, 1.82) is 0 Å². The molecule has 38 heavy (non-hydrogen) atoms. The molecule has 0 spiro atoms. The molecule has 5 rings (SSSR count). The first-order valence-corrected chi connectivity index (χ1v) is 11.5. The summed E-state index contributed by atoms with van der Waals surface area (Å²) in [4.78, 5) is 38.3. The molecule has 0 saturated heterocycles. The SMILES string of the molecule is Cc1cc(-c2cccc(C3=Nc4cc(C(F)(F)F)c(C)cc4NC(=O)C3)c2)ccn1.O=c1cncccn1. The molecule has 10 heteroatoms. The van der Waals surface area contributed by atoms with E-state index in [1.54, 1.807) is 18.3 Å². The first-order chi connectivity index (χ1) is 18.1. The normalized spacial score (nSPS) is 12.8. The van der Waals surface area contributed by atoms with E-state index in [0.717, 1.165) is 22.9 Å². The van der Waals surface area contributed by atoms with Gasteiger partial charge in [-0.2, -0.15) is 13.2 Å². The number of halogens is 3. The number of anilines is 1. The molecule has 4 aromatic rings. The third-order valence-electron chi connectivity index (χ3n) is 5.58. The number of fused-ring (bicyclic) bond motifs is 1. The van der Waals surface area contributed by atoms with Crippen molar-refractivity contribution >= 4 is 23.0 Å². The zero-order valence-corrected chi connectivity index (χ0v) is 20.5. The van der Waals surface area contributed by atoms with Crippen LogP contribution in [-0.2, 0) is 11.0 Å². The van der Waals surface area contributed by atoms with Gasteiger partial charge in [-0.3, -0.25) is 24.5 Å². The van der Waals surface area contributed by atoms with Gasteiger partial charge in [-0.25, -0.2) is 4.98 Å². The fourth-order valence-corrected chi connectivity index (χ4v) is 3.84. The van der Waals surface area contributed by atoms with Crippen LogP contribution in [0.5, 0.6) is 0 Å². The molecule has 0 fully saturated rings. The topological polar surface area (TPSA) is 97.2 Å². The average Bonchev–Trinajstić information content (AvgIpc) is 3.20. The van der Waals surface area contributed by atoms with Crippen molar-refractivity contribution < 1.29 is 18.0 Å². The highest BCUT2D eigenvalue weighted by atomic mass is 19.4. The Balaban J connectivity index is 0.000000360. The summed E-state index contributed by atoms with van der Waals surface area (Å²) in [5, 5.41) is 2.67. The van der Waals surface area contributed by atoms with Gasteiger partial charge in [-0.05, 0) is 72.5 Å². The molecule has 0 aliphatic carbocycles. The van der Waals surface area contributed by atoms with Crippen molar-refractivity contribution in [3.05, 3.63) is 112 Å². The fourth-order valence-electron chi connectivity index (χ4n) is 3.84. The van der Waals surface area contributed by atoms with Crippen LogP contribution in [0.3, 0.4) is 0 Å². The van der Waals surface area contributed by atoms with Gasteiger partial charge in [-0.1, -0.05) is 18.2 Å². The maximum atomic E-state index is 13.3. The van der Waals surface area contributed by atoms with Crippen molar-refractivity contribution in [2.75, 3.05) is 5.32 Å². The average molecular weight is 518 g/mol. The lowest BCUT2D eigenvalue weighted by Gasteiger charge is -2.13. The van der Waals surface area contributed by atoms with Crippen LogP contribution < -0.4 is 10.9 Å². The summed E-state index contributed by atoms with van der Waals surface area (Å²) >= 11 is 0. The number of aromatic nitrogens is 3. The molecule has 0 unspecified atom stereocenters. The lowest BCUT2D eigenvalue weighted by atomic mass is 10.00. The number of benzene rings is 2. The second-order valence-corrected chi connectivity index (χ2v) is 8.47. The number of amides is 1. The van der Waals surface area contributed by atoms with E-state index in [4.69, 9.17) is 0 Å². The van der Waals surface area contributed by atoms with E-state index in [1.165, 1.54) is 31.6 Å². The standard InChI is InChI=1S/C23H18F3N3O.C5H4N2O/c1-13-8-20-21(11-18(13)23(24,25)26)28-19(12-22(30)29-20)17-5-3-4-15(10-17)16-6-7-27-14(2)9-16;8-5-4-6-2-1-3-7-5/h3-11H,12H2,1-2H3,(H,29,30);1-4H. The maximum Gasteiger partial charge on any atom is 0.416 e. The third kappa shape index (κ3) is 6.52. The van der Waals surface area contributed by atoms with Gasteiger partial charge in [0.05, 0.1) is 35.3 Å². The van der Waals surface area contributed by atoms with Crippen LogP contribution in [0.2, 0.25) is 0 Å². The van der Waals surface area contributed by atoms with Crippen molar-refractivity contribution in [3.63, 3.8) is 0 Å². The summed E-state index contributed by atoms with van der Waals surface area (Å²) < 4.78 is 40.0. The van der Waals surface area contributed by atoms with Gasteiger partial charge >= 0.3 is 6.18 Å². The number of aliphatic imine (C=N–C) groups is 1. The zero-order chi connectivity index (χ0) is 27.3. The van der Waals surface area contributed by atoms with Gasteiger partial charge in [0.15, 0.2) is 0 Å². The van der Waals surface area contributed by atoms with Crippen molar-refractivity contribution in [3.8, 4) is 11.1 Å². The highest BCUT2D eigenvalue weighted by Gasteiger charge is 2.34. The Morgan fingerprint density at radius 3 is 2.37 bits per heavy atom. The number of alkyl halides is 3. The molecule has 7 nitrogen and oxygen atoms in total. The second-order valence-electron chi connectivity index (χ2n) is 8.47. The molecule has 0 saturated carbocycles. The molecule has 2 aromatic heterocycles. The Hall–Kier alpha value is -4.73. The number of carbonyl (C=O) groups excluding carboxylic acids is 1. The van der Waals surface area contributed by atoms with E-state index < -0.39 is 11.7 Å². The first-order valence-electron chi connectivity index (χ1n) is 11.5. The number of nitrogens with zero attached hydrogens (tertiary/aromatic N) is 4. The Morgan fingerprint density at radius 1 is 0.842 bits per heavy atom. The van der Waals surface area contributed by atoms with Gasteiger partial charge in [0.1, 0.15) is 0 Å². The minimum atomic E-state index is -4.50. The molecule has 3 heterocycles. The minimum Gasteiger partial charge on any atom is -0.324 e. The van der Waals surface area contributed by atoms with E-state index >= 15 is 0 Å². The van der Waals surface area contributed by atoms with Crippen LogP contribution in [0.25, 0.3) is 11.1 Å². The molecular formula is C28H22F3N5O2. The predicted molar refractivity (Wildman–Crippen MR) is 138 cm³/mol. The highest BCUT2D eigenvalue weighted by molar-refractivity contribution is 6.17. The van der Waals surface area contributed by atoms with Gasteiger partial charge in [0.2, 0.25) is 5.91 Å². The third-order valence-corrected chi connectivity index (χ3v) is 5.58. The molecule has 0 atom stereocenters. The monoisotopic (exact) mass is 517 g/mol. The largest absolute Gasteiger partial charge is 0.416 e. The van der Waals surface area contributed by atoms with Crippen molar-refractivity contribution in [2.24, 2.45) is 4.99 Å². The quantitative estimate of drug-likeness (QED) is 0.369. The first kappa shape index (κ1) is 26.3. The lowest BCUT2D eigenvalue weighted by Crippen LogP contribution is -2.15. The number of hydrogen-bond donors (Lipinski definition) is 1. The van der Waals surface area contributed by atoms with E-state index in [2.05, 4.69) is 25.3 Å². The fraction of sp³-hybridized carbons (Fsp3) is 0.143. The summed E-state index contributed by atoms with van der Waals surface area (Å²) in [6.07, 6.45) is 1.27. The van der Waals surface area contributed by atoms with Crippen molar-refractivity contribution in [2.45, 2.75) is 26.4 Å². The van der Waals surface area contributed by atoms with Crippen LogP contribution in [0.4, 0.5) is 24.5 Å². The summed E-state index contributed by atoms with van der Waals surface area (Å²) in [5.41, 5.74) is 3.17. The number of pyridine rings is 1. The van der Waals surface area contributed by atoms with Crippen LogP contribution in [-0.4, -0.2) is 26.6 Å². The lowest BCUT2D eigenvalue weighted by molar-refractivity contribution is -0.138. The van der Waals surface area contributed by atoms with E-state index in [0.29, 0.717) is 11.3 Å². The number of aryl methyl sites for hydroxylation is 2. The summed E-state index contributed by atoms with van der Waals surface area (Å²) in [5.74, 6) is -0.322. The van der Waals surface area contributed by atoms with Crippen molar-refractivity contribution in [1.82, 2.24) is 15.0 Å². The van der Waals surface area contributed by atoms with E-state index in [-0.39, 0.29) is 34.8 Å². The van der Waals surface area contributed by atoms with Gasteiger partial charge in [0, 0.05) is 24.3 Å². The smallest absolute Gasteiger partial charge is 0.324 e. The van der Waals surface area contributed by atoms with E-state index in [9.17, 15) is 22.8 Å². The predicted octanol–water partition coefficient (Wildman–Crippen LogP) is 5.68. The van der Waals surface area contributed by atoms with Crippen LogP contribution in [0.15, 0.2) is 89.2 Å². The summed E-state index contributed by atoms with van der Waals surface area (Å²) in [7, 11) is 0. The zero-order valence-electron chi connectivity index (χ0n) is 20.5.